The number of nitrogens with zero attached hydrogens (tertiary/aromatic N) is 4. The molecule has 30 heavy (non-hydrogen) atoms. The smallest absolute Gasteiger partial charge is 0.181 e. The van der Waals surface area contributed by atoms with Crippen molar-refractivity contribution < 1.29 is 9.47 Å². The van der Waals surface area contributed by atoms with Gasteiger partial charge >= 0.3 is 0 Å². The van der Waals surface area contributed by atoms with Gasteiger partial charge in [-0.1, -0.05) is 31.0 Å². The van der Waals surface area contributed by atoms with Crippen LogP contribution in [0.4, 0.5) is 0 Å². The van der Waals surface area contributed by atoms with Crippen molar-refractivity contribution in [3.8, 4) is 28.6 Å². The van der Waals surface area contributed by atoms with Crippen LogP contribution in [0.5, 0.6) is 11.5 Å². The van der Waals surface area contributed by atoms with E-state index < -0.39 is 0 Å². The molecule has 7 heteroatoms. The van der Waals surface area contributed by atoms with Gasteiger partial charge in [-0.3, -0.25) is 4.90 Å². The fourth-order valence-corrected chi connectivity index (χ4v) is 4.32. The summed E-state index contributed by atoms with van der Waals surface area (Å²) in [5.74, 6) is 3.03. The molecule has 1 atom stereocenters. The Kier molecular flexibility index (Phi) is 6.25. The van der Waals surface area contributed by atoms with Gasteiger partial charge in [0.2, 0.25) is 0 Å². The molecule has 1 aromatic heterocycles. The van der Waals surface area contributed by atoms with Gasteiger partial charge in [0.05, 0.1) is 31.0 Å². The van der Waals surface area contributed by atoms with E-state index in [2.05, 4.69) is 11.8 Å². The fraction of sp³-hybridized carbons (Fsp3) is 0.391. The topological polar surface area (TPSA) is 52.4 Å². The number of ether oxygens (including phenoxy) is 2. The molecule has 158 valence electrons. The number of aromatic nitrogens is 3. The highest BCUT2D eigenvalue weighted by atomic mass is 35.5. The van der Waals surface area contributed by atoms with Crippen molar-refractivity contribution in [3.05, 3.63) is 53.3 Å². The first-order chi connectivity index (χ1) is 14.6. The summed E-state index contributed by atoms with van der Waals surface area (Å²) in [5.41, 5.74) is 1.80. The molecule has 0 spiro atoms. The third kappa shape index (κ3) is 4.02. The molecule has 1 aliphatic heterocycles. The number of halogens is 1. The number of piperidine rings is 1. The molecule has 1 aliphatic rings. The predicted octanol–water partition coefficient (Wildman–Crippen LogP) is 5.15. The van der Waals surface area contributed by atoms with Gasteiger partial charge < -0.3 is 9.47 Å². The second-order valence-electron chi connectivity index (χ2n) is 7.40. The number of likely N-dealkylation sites (tertiary alicyclic amines) is 1. The lowest BCUT2D eigenvalue weighted by Gasteiger charge is -2.34. The molecule has 4 rings (SSSR count). The van der Waals surface area contributed by atoms with E-state index >= 15 is 0 Å². The van der Waals surface area contributed by atoms with Gasteiger partial charge in [0, 0.05) is 11.6 Å². The zero-order chi connectivity index (χ0) is 21.1. The summed E-state index contributed by atoms with van der Waals surface area (Å²) >= 11 is 6.36. The molecule has 0 radical (unpaired) electrons. The molecule has 1 saturated heterocycles. The standard InChI is InChI=1S/C23H27ClN4O2/c1-4-27-13-6-5-10-20(27)23-25-22(16-11-12-21(30-3)19(24)14-16)26-28(23)17-8-7-9-18(15-17)29-2/h7-9,11-12,14-15,20H,4-6,10,13H2,1-3H3. The summed E-state index contributed by atoms with van der Waals surface area (Å²) < 4.78 is 12.7. The lowest BCUT2D eigenvalue weighted by Crippen LogP contribution is -2.34. The lowest BCUT2D eigenvalue weighted by molar-refractivity contribution is 0.148. The maximum atomic E-state index is 6.36. The number of hydrogen-bond donors (Lipinski definition) is 0. The Morgan fingerprint density at radius 3 is 2.70 bits per heavy atom. The Labute approximate surface area is 182 Å². The normalized spacial score (nSPS) is 17.1. The molecule has 0 saturated carbocycles. The summed E-state index contributed by atoms with van der Waals surface area (Å²) in [4.78, 5) is 7.48. The van der Waals surface area contributed by atoms with E-state index in [1.165, 1.54) is 12.8 Å². The van der Waals surface area contributed by atoms with E-state index in [1.54, 1.807) is 14.2 Å². The Morgan fingerprint density at radius 2 is 1.97 bits per heavy atom. The van der Waals surface area contributed by atoms with Crippen LogP contribution in [-0.2, 0) is 0 Å². The van der Waals surface area contributed by atoms with Gasteiger partial charge in [-0.25, -0.2) is 9.67 Å². The minimum atomic E-state index is 0.227. The van der Waals surface area contributed by atoms with E-state index in [9.17, 15) is 0 Å². The summed E-state index contributed by atoms with van der Waals surface area (Å²) in [6, 6.07) is 13.8. The molecule has 6 nitrogen and oxygen atoms in total. The van der Waals surface area contributed by atoms with Crippen molar-refractivity contribution >= 4 is 11.6 Å². The number of benzene rings is 2. The van der Waals surface area contributed by atoms with E-state index in [0.29, 0.717) is 16.6 Å². The Hall–Kier alpha value is -2.57. The van der Waals surface area contributed by atoms with Crippen LogP contribution < -0.4 is 9.47 Å². The molecule has 2 aromatic carbocycles. The molecule has 1 unspecified atom stereocenters. The van der Waals surface area contributed by atoms with Crippen LogP contribution in [0.3, 0.4) is 0 Å². The van der Waals surface area contributed by atoms with Crippen molar-refractivity contribution in [1.29, 1.82) is 0 Å². The summed E-state index contributed by atoms with van der Waals surface area (Å²) in [5, 5.41) is 5.43. The van der Waals surface area contributed by atoms with Gasteiger partial charge in [0.15, 0.2) is 5.82 Å². The Morgan fingerprint density at radius 1 is 1.10 bits per heavy atom. The molecule has 0 amide bonds. The Bertz CT molecular complexity index is 1020. The number of rotatable bonds is 6. The van der Waals surface area contributed by atoms with Crippen LogP contribution in [0.25, 0.3) is 17.1 Å². The minimum absolute atomic E-state index is 0.227. The quantitative estimate of drug-likeness (QED) is 0.545. The van der Waals surface area contributed by atoms with Crippen LogP contribution >= 0.6 is 11.6 Å². The number of hydrogen-bond acceptors (Lipinski definition) is 5. The van der Waals surface area contributed by atoms with Crippen molar-refractivity contribution in [2.75, 3.05) is 27.3 Å². The van der Waals surface area contributed by atoms with E-state index in [0.717, 1.165) is 42.3 Å². The predicted molar refractivity (Wildman–Crippen MR) is 119 cm³/mol. The first kappa shape index (κ1) is 20.7. The van der Waals surface area contributed by atoms with Gasteiger partial charge in [-0.15, -0.1) is 5.10 Å². The third-order valence-electron chi connectivity index (χ3n) is 5.66. The zero-order valence-corrected chi connectivity index (χ0v) is 18.4. The fourth-order valence-electron chi connectivity index (χ4n) is 4.06. The molecule has 3 aromatic rings. The molecule has 0 N–H and O–H groups in total. The van der Waals surface area contributed by atoms with Crippen LogP contribution in [-0.4, -0.2) is 47.0 Å². The van der Waals surface area contributed by atoms with Crippen molar-refractivity contribution in [3.63, 3.8) is 0 Å². The zero-order valence-electron chi connectivity index (χ0n) is 17.6. The number of methoxy groups -OCH3 is 2. The summed E-state index contributed by atoms with van der Waals surface area (Å²) in [7, 11) is 3.28. The highest BCUT2D eigenvalue weighted by Crippen LogP contribution is 2.34. The van der Waals surface area contributed by atoms with Gasteiger partial charge in [-0.05, 0) is 56.3 Å². The highest BCUT2D eigenvalue weighted by Gasteiger charge is 2.29. The first-order valence-electron chi connectivity index (χ1n) is 10.3. The molecule has 2 heterocycles. The largest absolute Gasteiger partial charge is 0.497 e. The van der Waals surface area contributed by atoms with Gasteiger partial charge in [0.25, 0.3) is 0 Å². The summed E-state index contributed by atoms with van der Waals surface area (Å²) in [6.07, 6.45) is 3.48. The van der Waals surface area contributed by atoms with E-state index in [4.69, 9.17) is 31.2 Å². The maximum absolute atomic E-state index is 6.36. The third-order valence-corrected chi connectivity index (χ3v) is 5.95. The molecular weight excluding hydrogens is 400 g/mol. The average Bonchev–Trinajstić information content (AvgIpc) is 3.24. The van der Waals surface area contributed by atoms with Crippen LogP contribution in [0, 0.1) is 0 Å². The van der Waals surface area contributed by atoms with Gasteiger partial charge in [-0.2, -0.15) is 0 Å². The van der Waals surface area contributed by atoms with Gasteiger partial charge in [0.1, 0.15) is 17.3 Å². The highest BCUT2D eigenvalue weighted by molar-refractivity contribution is 6.32. The Balaban J connectivity index is 1.83. The monoisotopic (exact) mass is 426 g/mol. The second-order valence-corrected chi connectivity index (χ2v) is 7.80. The van der Waals surface area contributed by atoms with Crippen molar-refractivity contribution in [2.45, 2.75) is 32.2 Å². The van der Waals surface area contributed by atoms with Crippen LogP contribution in [0.15, 0.2) is 42.5 Å². The summed E-state index contributed by atoms with van der Waals surface area (Å²) in [6.45, 7) is 4.27. The average molecular weight is 427 g/mol. The van der Waals surface area contributed by atoms with Crippen LogP contribution in [0.2, 0.25) is 5.02 Å². The van der Waals surface area contributed by atoms with Crippen molar-refractivity contribution in [1.82, 2.24) is 19.7 Å². The molecule has 1 fully saturated rings. The molecule has 0 aliphatic carbocycles. The lowest BCUT2D eigenvalue weighted by atomic mass is 10.0. The van der Waals surface area contributed by atoms with E-state index in [-0.39, 0.29) is 6.04 Å². The SMILES string of the molecule is CCN1CCCCC1c1nc(-c2ccc(OC)c(Cl)c2)nn1-c1cccc(OC)c1. The first-order valence-corrected chi connectivity index (χ1v) is 10.7. The molecule has 0 bridgehead atoms. The second kappa shape index (κ2) is 9.06. The minimum Gasteiger partial charge on any atom is -0.497 e. The van der Waals surface area contributed by atoms with Crippen LogP contribution in [0.1, 0.15) is 38.1 Å². The maximum Gasteiger partial charge on any atom is 0.181 e. The molecular formula is C23H27ClN4O2. The van der Waals surface area contributed by atoms with E-state index in [1.807, 2.05) is 47.1 Å². The van der Waals surface area contributed by atoms with Crippen molar-refractivity contribution in [2.24, 2.45) is 0 Å².